The SMILES string of the molecule is N[C@H](C(=O)NCc1ccc([N+](=O)[O-])cc1)[C@@H]1CC(Br)=NO1. The number of non-ortho nitro benzene ring substituents is 1. The molecule has 0 radical (unpaired) electrons. The molecule has 21 heavy (non-hydrogen) atoms. The number of carbonyl (C=O) groups is 1. The summed E-state index contributed by atoms with van der Waals surface area (Å²) in [7, 11) is 0. The Balaban J connectivity index is 1.84. The molecule has 1 aliphatic heterocycles. The van der Waals surface area contributed by atoms with Crippen LogP contribution in [-0.2, 0) is 16.2 Å². The van der Waals surface area contributed by atoms with Crippen molar-refractivity contribution in [1.29, 1.82) is 0 Å². The molecule has 0 aliphatic carbocycles. The maximum atomic E-state index is 11.9. The Bertz CT molecular complexity index is 575. The minimum atomic E-state index is -0.832. The molecule has 0 bridgehead atoms. The van der Waals surface area contributed by atoms with E-state index in [1.807, 2.05) is 0 Å². The molecule has 2 rings (SSSR count). The highest BCUT2D eigenvalue weighted by atomic mass is 79.9. The van der Waals surface area contributed by atoms with Crippen molar-refractivity contribution in [3.63, 3.8) is 0 Å². The number of nitro groups is 1. The molecule has 0 fully saturated rings. The van der Waals surface area contributed by atoms with Crippen LogP contribution in [0.1, 0.15) is 12.0 Å². The highest BCUT2D eigenvalue weighted by Crippen LogP contribution is 2.16. The number of carbonyl (C=O) groups excluding carboxylic acids is 1. The van der Waals surface area contributed by atoms with E-state index in [-0.39, 0.29) is 18.1 Å². The van der Waals surface area contributed by atoms with Crippen LogP contribution in [0.3, 0.4) is 0 Å². The Morgan fingerprint density at radius 2 is 2.24 bits per heavy atom. The van der Waals surface area contributed by atoms with Gasteiger partial charge in [0, 0.05) is 25.1 Å². The molecule has 8 nitrogen and oxygen atoms in total. The normalized spacial score (nSPS) is 18.6. The number of nitrogens with zero attached hydrogens (tertiary/aromatic N) is 2. The highest BCUT2D eigenvalue weighted by Gasteiger charge is 2.31. The Labute approximate surface area is 128 Å². The van der Waals surface area contributed by atoms with Gasteiger partial charge in [-0.15, -0.1) is 0 Å². The van der Waals surface area contributed by atoms with Crippen LogP contribution in [0.15, 0.2) is 29.4 Å². The first-order valence-electron chi connectivity index (χ1n) is 6.12. The number of hydrogen-bond donors (Lipinski definition) is 2. The summed E-state index contributed by atoms with van der Waals surface area (Å²) in [6, 6.07) is 5.09. The molecule has 0 aromatic heterocycles. The van der Waals surface area contributed by atoms with Gasteiger partial charge in [-0.05, 0) is 21.5 Å². The summed E-state index contributed by atoms with van der Waals surface area (Å²) in [5.41, 5.74) is 6.54. The van der Waals surface area contributed by atoms with Crippen molar-refractivity contribution in [2.45, 2.75) is 25.1 Å². The Morgan fingerprint density at radius 1 is 1.57 bits per heavy atom. The molecular formula is C12H13BrN4O4. The van der Waals surface area contributed by atoms with Gasteiger partial charge >= 0.3 is 0 Å². The molecule has 0 spiro atoms. The maximum Gasteiger partial charge on any atom is 0.269 e. The van der Waals surface area contributed by atoms with Crippen LogP contribution in [0.25, 0.3) is 0 Å². The molecule has 1 aromatic rings. The third kappa shape index (κ3) is 3.99. The number of nitrogens with one attached hydrogen (secondary N) is 1. The quantitative estimate of drug-likeness (QED) is 0.603. The number of rotatable bonds is 5. The first kappa shape index (κ1) is 15.4. The predicted molar refractivity (Wildman–Crippen MR) is 78.8 cm³/mol. The summed E-state index contributed by atoms with van der Waals surface area (Å²) in [5.74, 6) is -0.365. The van der Waals surface area contributed by atoms with E-state index < -0.39 is 17.1 Å². The van der Waals surface area contributed by atoms with Crippen molar-refractivity contribution >= 4 is 32.1 Å². The van der Waals surface area contributed by atoms with Crippen LogP contribution >= 0.6 is 15.9 Å². The molecule has 0 saturated carbocycles. The molecule has 112 valence electrons. The second-order valence-electron chi connectivity index (χ2n) is 4.48. The summed E-state index contributed by atoms with van der Waals surface area (Å²) in [6.07, 6.45) is -0.0391. The molecule has 1 amide bonds. The van der Waals surface area contributed by atoms with E-state index in [2.05, 4.69) is 26.4 Å². The fourth-order valence-corrected chi connectivity index (χ4v) is 2.17. The zero-order valence-corrected chi connectivity index (χ0v) is 12.4. The molecule has 2 atom stereocenters. The number of benzene rings is 1. The van der Waals surface area contributed by atoms with E-state index >= 15 is 0 Å². The van der Waals surface area contributed by atoms with E-state index in [4.69, 9.17) is 10.6 Å². The Hall–Kier alpha value is -2.00. The Morgan fingerprint density at radius 3 is 2.76 bits per heavy atom. The molecule has 9 heteroatoms. The van der Waals surface area contributed by atoms with E-state index in [1.54, 1.807) is 12.1 Å². The third-order valence-electron chi connectivity index (χ3n) is 2.97. The fraction of sp³-hybridized carbons (Fsp3) is 0.333. The number of amides is 1. The van der Waals surface area contributed by atoms with Gasteiger partial charge in [0.15, 0.2) is 6.10 Å². The number of oxime groups is 1. The zero-order valence-electron chi connectivity index (χ0n) is 10.9. The summed E-state index contributed by atoms with van der Waals surface area (Å²) < 4.78 is 0.617. The number of nitrogens with two attached hydrogens (primary N) is 1. The van der Waals surface area contributed by atoms with Gasteiger partial charge in [0.1, 0.15) is 10.7 Å². The predicted octanol–water partition coefficient (Wildman–Crippen LogP) is 1.04. The fourth-order valence-electron chi connectivity index (χ4n) is 1.77. The van der Waals surface area contributed by atoms with Crippen LogP contribution in [0, 0.1) is 10.1 Å². The van der Waals surface area contributed by atoms with Gasteiger partial charge in [-0.3, -0.25) is 14.9 Å². The maximum absolute atomic E-state index is 11.9. The van der Waals surface area contributed by atoms with Crippen LogP contribution in [0.4, 0.5) is 5.69 Å². The van der Waals surface area contributed by atoms with Gasteiger partial charge in [0.2, 0.25) is 5.91 Å². The van der Waals surface area contributed by atoms with Gasteiger partial charge in [-0.2, -0.15) is 0 Å². The molecule has 1 heterocycles. The molecule has 0 unspecified atom stereocenters. The lowest BCUT2D eigenvalue weighted by Crippen LogP contribution is -2.48. The lowest BCUT2D eigenvalue weighted by Gasteiger charge is -2.16. The lowest BCUT2D eigenvalue weighted by atomic mass is 10.1. The summed E-state index contributed by atoms with van der Waals surface area (Å²) in [4.78, 5) is 27.0. The molecule has 1 aromatic carbocycles. The van der Waals surface area contributed by atoms with E-state index in [0.29, 0.717) is 11.0 Å². The second kappa shape index (κ2) is 6.64. The van der Waals surface area contributed by atoms with Crippen molar-refractivity contribution in [3.8, 4) is 0 Å². The number of nitro benzene ring substituents is 1. The van der Waals surface area contributed by atoms with Gasteiger partial charge in [0.05, 0.1) is 4.92 Å². The summed E-state index contributed by atoms with van der Waals surface area (Å²) >= 11 is 3.17. The molecular weight excluding hydrogens is 344 g/mol. The van der Waals surface area contributed by atoms with Crippen molar-refractivity contribution in [2.24, 2.45) is 10.9 Å². The van der Waals surface area contributed by atoms with E-state index in [9.17, 15) is 14.9 Å². The van der Waals surface area contributed by atoms with Gasteiger partial charge in [0.25, 0.3) is 5.69 Å². The van der Waals surface area contributed by atoms with Gasteiger partial charge < -0.3 is 15.9 Å². The largest absolute Gasteiger partial charge is 0.389 e. The monoisotopic (exact) mass is 356 g/mol. The third-order valence-corrected chi connectivity index (χ3v) is 3.44. The van der Waals surface area contributed by atoms with Crippen LogP contribution in [0.5, 0.6) is 0 Å². The lowest BCUT2D eigenvalue weighted by molar-refractivity contribution is -0.384. The number of halogens is 1. The van der Waals surface area contributed by atoms with E-state index in [0.717, 1.165) is 5.56 Å². The minimum absolute atomic E-state index is 0.00290. The first-order chi connectivity index (χ1) is 9.97. The van der Waals surface area contributed by atoms with Gasteiger partial charge in [-0.1, -0.05) is 17.3 Å². The van der Waals surface area contributed by atoms with Crippen LogP contribution in [0.2, 0.25) is 0 Å². The summed E-state index contributed by atoms with van der Waals surface area (Å²) in [6.45, 7) is 0.235. The molecule has 1 aliphatic rings. The zero-order chi connectivity index (χ0) is 15.4. The molecule has 3 N–H and O–H groups in total. The first-order valence-corrected chi connectivity index (χ1v) is 6.91. The van der Waals surface area contributed by atoms with E-state index in [1.165, 1.54) is 12.1 Å². The summed E-state index contributed by atoms with van der Waals surface area (Å²) in [5, 5.41) is 16.9. The van der Waals surface area contributed by atoms with Crippen molar-refractivity contribution in [1.82, 2.24) is 5.32 Å². The number of hydrogen-bond acceptors (Lipinski definition) is 6. The Kier molecular flexibility index (Phi) is 4.86. The average Bonchev–Trinajstić information content (AvgIpc) is 2.91. The van der Waals surface area contributed by atoms with Crippen LogP contribution in [-0.4, -0.2) is 27.6 Å². The standard InChI is InChI=1S/C12H13BrN4O4/c13-10-5-9(21-16-10)11(14)12(18)15-6-7-1-3-8(4-2-7)17(19)20/h1-4,9,11H,5-6,14H2,(H,15,18)/t9-,11-/m0/s1. The average molecular weight is 357 g/mol. The highest BCUT2D eigenvalue weighted by molar-refractivity contribution is 9.18. The second-order valence-corrected chi connectivity index (χ2v) is 5.40. The topological polar surface area (TPSA) is 120 Å². The molecule has 0 saturated heterocycles. The van der Waals surface area contributed by atoms with Crippen molar-refractivity contribution in [3.05, 3.63) is 39.9 Å². The van der Waals surface area contributed by atoms with Crippen molar-refractivity contribution < 1.29 is 14.6 Å². The van der Waals surface area contributed by atoms with Gasteiger partial charge in [-0.25, -0.2) is 0 Å². The minimum Gasteiger partial charge on any atom is -0.389 e. The van der Waals surface area contributed by atoms with Crippen LogP contribution < -0.4 is 11.1 Å². The smallest absolute Gasteiger partial charge is 0.269 e. The van der Waals surface area contributed by atoms with Crippen molar-refractivity contribution in [2.75, 3.05) is 0 Å².